The van der Waals surface area contributed by atoms with Crippen LogP contribution in [0.15, 0.2) is 35.1 Å². The summed E-state index contributed by atoms with van der Waals surface area (Å²) in [5.74, 6) is 0.159. The maximum Gasteiger partial charge on any atom is 0.253 e. The van der Waals surface area contributed by atoms with Crippen molar-refractivity contribution < 1.29 is 4.79 Å². The van der Waals surface area contributed by atoms with Gasteiger partial charge >= 0.3 is 0 Å². The third-order valence-corrected chi connectivity index (χ3v) is 5.21. The summed E-state index contributed by atoms with van der Waals surface area (Å²) in [6, 6.07) is 10.4. The standard InChI is InChI=1S/C20H26N2O2/c1-14-13-17-9-4-5-10-18(17)21(20(14)24)12-11-19(23)22-15(2)7-6-8-16(22)3/h4-5,9-10,13,15-16H,6-8,11-12H2,1-3H3. The maximum atomic E-state index is 12.7. The molecule has 0 radical (unpaired) electrons. The van der Waals surface area contributed by atoms with Gasteiger partial charge in [-0.2, -0.15) is 0 Å². The van der Waals surface area contributed by atoms with Gasteiger partial charge in [0.2, 0.25) is 5.91 Å². The number of hydrogen-bond donors (Lipinski definition) is 0. The number of carbonyl (C=O) groups excluding carboxylic acids is 1. The Kier molecular flexibility index (Phi) is 4.74. The van der Waals surface area contributed by atoms with Crippen molar-refractivity contribution in [3.05, 3.63) is 46.2 Å². The molecule has 1 saturated heterocycles. The minimum Gasteiger partial charge on any atom is -0.337 e. The monoisotopic (exact) mass is 326 g/mol. The summed E-state index contributed by atoms with van der Waals surface area (Å²) < 4.78 is 1.75. The predicted octanol–water partition coefficient (Wildman–Crippen LogP) is 3.49. The predicted molar refractivity (Wildman–Crippen MR) is 97.2 cm³/mol. The van der Waals surface area contributed by atoms with Gasteiger partial charge in [-0.15, -0.1) is 0 Å². The summed E-state index contributed by atoms with van der Waals surface area (Å²) in [7, 11) is 0. The van der Waals surface area contributed by atoms with Crippen LogP contribution >= 0.6 is 0 Å². The van der Waals surface area contributed by atoms with Gasteiger partial charge in [-0.3, -0.25) is 9.59 Å². The Labute approximate surface area is 143 Å². The van der Waals surface area contributed by atoms with Gasteiger partial charge in [0.25, 0.3) is 5.56 Å². The number of fused-ring (bicyclic) bond motifs is 1. The van der Waals surface area contributed by atoms with Crippen LogP contribution in [0.25, 0.3) is 10.9 Å². The number of para-hydroxylation sites is 1. The lowest BCUT2D eigenvalue weighted by Gasteiger charge is -2.39. The second kappa shape index (κ2) is 6.80. The Morgan fingerprint density at radius 3 is 2.54 bits per heavy atom. The van der Waals surface area contributed by atoms with Crippen molar-refractivity contribution in [1.82, 2.24) is 9.47 Å². The molecule has 2 atom stereocenters. The molecule has 2 heterocycles. The van der Waals surface area contributed by atoms with E-state index in [-0.39, 0.29) is 11.5 Å². The number of aryl methyl sites for hydroxylation is 2. The first-order chi connectivity index (χ1) is 11.5. The molecule has 0 aliphatic carbocycles. The van der Waals surface area contributed by atoms with Gasteiger partial charge in [-0.05, 0) is 57.6 Å². The Balaban J connectivity index is 1.84. The molecule has 0 spiro atoms. The Hall–Kier alpha value is -2.10. The minimum absolute atomic E-state index is 0.00115. The van der Waals surface area contributed by atoms with Crippen molar-refractivity contribution in [3.63, 3.8) is 0 Å². The zero-order chi connectivity index (χ0) is 17.3. The molecular weight excluding hydrogens is 300 g/mol. The molecule has 0 bridgehead atoms. The number of nitrogens with zero attached hydrogens (tertiary/aromatic N) is 2. The topological polar surface area (TPSA) is 42.3 Å². The number of rotatable bonds is 3. The molecule has 128 valence electrons. The first-order valence-electron chi connectivity index (χ1n) is 8.89. The molecular formula is C20H26N2O2. The molecule has 0 saturated carbocycles. The molecule has 1 amide bonds. The highest BCUT2D eigenvalue weighted by Crippen LogP contribution is 2.23. The van der Waals surface area contributed by atoms with Gasteiger partial charge in [0.05, 0.1) is 5.52 Å². The van der Waals surface area contributed by atoms with E-state index >= 15 is 0 Å². The fraction of sp³-hybridized carbons (Fsp3) is 0.500. The number of benzene rings is 1. The van der Waals surface area contributed by atoms with Gasteiger partial charge in [-0.25, -0.2) is 0 Å². The SMILES string of the molecule is Cc1cc2ccccc2n(CCC(=O)N2C(C)CCCC2C)c1=O. The number of aromatic nitrogens is 1. The van der Waals surface area contributed by atoms with Crippen LogP contribution in [0, 0.1) is 6.92 Å². The van der Waals surface area contributed by atoms with Crippen molar-refractivity contribution in [2.75, 3.05) is 0 Å². The van der Waals surface area contributed by atoms with Gasteiger partial charge in [0.1, 0.15) is 0 Å². The molecule has 4 heteroatoms. The summed E-state index contributed by atoms with van der Waals surface area (Å²) in [6.07, 6.45) is 3.71. The van der Waals surface area contributed by atoms with Gasteiger partial charge < -0.3 is 9.47 Å². The summed E-state index contributed by atoms with van der Waals surface area (Å²) in [4.78, 5) is 27.3. The average molecular weight is 326 g/mol. The lowest BCUT2D eigenvalue weighted by Crippen LogP contribution is -2.47. The van der Waals surface area contributed by atoms with E-state index in [2.05, 4.69) is 13.8 Å². The van der Waals surface area contributed by atoms with E-state index in [4.69, 9.17) is 0 Å². The van der Waals surface area contributed by atoms with E-state index in [1.807, 2.05) is 42.2 Å². The number of amides is 1. The van der Waals surface area contributed by atoms with Crippen LogP contribution in [0.1, 0.15) is 45.1 Å². The van der Waals surface area contributed by atoms with Crippen LogP contribution in [0.5, 0.6) is 0 Å². The molecule has 4 nitrogen and oxygen atoms in total. The molecule has 1 aromatic heterocycles. The quantitative estimate of drug-likeness (QED) is 0.866. The highest BCUT2D eigenvalue weighted by atomic mass is 16.2. The maximum absolute atomic E-state index is 12.7. The second-order valence-electron chi connectivity index (χ2n) is 7.02. The number of hydrogen-bond acceptors (Lipinski definition) is 2. The van der Waals surface area contributed by atoms with E-state index in [0.717, 1.165) is 29.3 Å². The highest BCUT2D eigenvalue weighted by molar-refractivity contribution is 5.80. The van der Waals surface area contributed by atoms with E-state index < -0.39 is 0 Å². The molecule has 1 aliphatic rings. The lowest BCUT2D eigenvalue weighted by atomic mass is 9.97. The molecule has 1 aromatic carbocycles. The zero-order valence-electron chi connectivity index (χ0n) is 14.8. The summed E-state index contributed by atoms with van der Waals surface area (Å²) >= 11 is 0. The van der Waals surface area contributed by atoms with Crippen molar-refractivity contribution in [1.29, 1.82) is 0 Å². The fourth-order valence-corrected chi connectivity index (χ4v) is 3.94. The van der Waals surface area contributed by atoms with Crippen LogP contribution < -0.4 is 5.56 Å². The summed E-state index contributed by atoms with van der Waals surface area (Å²) in [5.41, 5.74) is 1.63. The van der Waals surface area contributed by atoms with E-state index in [0.29, 0.717) is 25.0 Å². The molecule has 24 heavy (non-hydrogen) atoms. The van der Waals surface area contributed by atoms with E-state index in [1.54, 1.807) is 4.57 Å². The highest BCUT2D eigenvalue weighted by Gasteiger charge is 2.28. The number of piperidine rings is 1. The second-order valence-corrected chi connectivity index (χ2v) is 7.02. The van der Waals surface area contributed by atoms with E-state index in [9.17, 15) is 9.59 Å². The van der Waals surface area contributed by atoms with Crippen molar-refractivity contribution in [3.8, 4) is 0 Å². The first kappa shape index (κ1) is 16.7. The van der Waals surface area contributed by atoms with Crippen LogP contribution in [0.4, 0.5) is 0 Å². The number of pyridine rings is 1. The fourth-order valence-electron chi connectivity index (χ4n) is 3.94. The summed E-state index contributed by atoms with van der Waals surface area (Å²) in [6.45, 7) is 6.53. The van der Waals surface area contributed by atoms with Gasteiger partial charge in [0.15, 0.2) is 0 Å². The van der Waals surface area contributed by atoms with Gasteiger partial charge in [0, 0.05) is 30.6 Å². The Morgan fingerprint density at radius 1 is 1.17 bits per heavy atom. The van der Waals surface area contributed by atoms with Crippen molar-refractivity contribution in [2.24, 2.45) is 0 Å². The lowest BCUT2D eigenvalue weighted by molar-refractivity contribution is -0.137. The van der Waals surface area contributed by atoms with Crippen molar-refractivity contribution >= 4 is 16.8 Å². The number of likely N-dealkylation sites (tertiary alicyclic amines) is 1. The minimum atomic E-state index is 0.00115. The third-order valence-electron chi connectivity index (χ3n) is 5.21. The van der Waals surface area contributed by atoms with Crippen LogP contribution in [-0.4, -0.2) is 27.5 Å². The zero-order valence-corrected chi connectivity index (χ0v) is 14.8. The van der Waals surface area contributed by atoms with Gasteiger partial charge in [-0.1, -0.05) is 18.2 Å². The largest absolute Gasteiger partial charge is 0.337 e. The third kappa shape index (κ3) is 3.10. The summed E-state index contributed by atoms with van der Waals surface area (Å²) in [5, 5.41) is 1.04. The normalized spacial score (nSPS) is 21.2. The molecule has 2 aromatic rings. The Morgan fingerprint density at radius 2 is 1.83 bits per heavy atom. The molecule has 0 N–H and O–H groups in total. The van der Waals surface area contributed by atoms with Crippen LogP contribution in [0.2, 0.25) is 0 Å². The first-order valence-corrected chi connectivity index (χ1v) is 8.89. The van der Waals surface area contributed by atoms with Crippen LogP contribution in [0.3, 0.4) is 0 Å². The molecule has 1 fully saturated rings. The molecule has 3 rings (SSSR count). The molecule has 2 unspecified atom stereocenters. The Bertz CT molecular complexity index is 799. The molecule has 1 aliphatic heterocycles. The van der Waals surface area contributed by atoms with E-state index in [1.165, 1.54) is 6.42 Å². The van der Waals surface area contributed by atoms with Crippen molar-refractivity contribution in [2.45, 2.75) is 65.1 Å². The smallest absolute Gasteiger partial charge is 0.253 e. The number of carbonyl (C=O) groups is 1. The average Bonchev–Trinajstić information content (AvgIpc) is 2.55. The van der Waals surface area contributed by atoms with Crippen LogP contribution in [-0.2, 0) is 11.3 Å².